The van der Waals surface area contributed by atoms with Gasteiger partial charge in [-0.25, -0.2) is 5.43 Å². The van der Waals surface area contributed by atoms with Crippen molar-refractivity contribution in [1.82, 2.24) is 10.4 Å². The van der Waals surface area contributed by atoms with Crippen molar-refractivity contribution in [2.24, 2.45) is 5.84 Å². The van der Waals surface area contributed by atoms with Crippen molar-refractivity contribution in [3.63, 3.8) is 0 Å². The van der Waals surface area contributed by atoms with Crippen LogP contribution in [0.2, 0.25) is 0 Å². The first-order valence-corrected chi connectivity index (χ1v) is 5.62. The monoisotopic (exact) mass is 219 g/mol. The second-order valence-corrected chi connectivity index (χ2v) is 4.27. The number of thiophene rings is 1. The zero-order valence-electron chi connectivity index (χ0n) is 8.47. The third-order valence-corrected chi connectivity index (χ3v) is 3.29. The molecule has 2 aromatic heterocycles. The number of pyridine rings is 1. The highest BCUT2D eigenvalue weighted by atomic mass is 32.1. The Morgan fingerprint density at radius 2 is 2.27 bits per heavy atom. The fourth-order valence-corrected chi connectivity index (χ4v) is 2.38. The number of nitrogens with one attached hydrogen (secondary N) is 1. The van der Waals surface area contributed by atoms with Crippen molar-refractivity contribution in [3.8, 4) is 0 Å². The summed E-state index contributed by atoms with van der Waals surface area (Å²) in [5.41, 5.74) is 4.97. The van der Waals surface area contributed by atoms with Gasteiger partial charge in [0.2, 0.25) is 0 Å². The van der Waals surface area contributed by atoms with Crippen molar-refractivity contribution in [2.45, 2.75) is 13.0 Å². The lowest BCUT2D eigenvalue weighted by atomic mass is 10.1. The number of nitrogens with zero attached hydrogens (tertiary/aromatic N) is 1. The molecule has 4 heteroatoms. The van der Waals surface area contributed by atoms with E-state index in [1.54, 1.807) is 17.5 Å². The second kappa shape index (κ2) is 4.53. The van der Waals surface area contributed by atoms with Crippen LogP contribution in [0, 0.1) is 6.92 Å². The van der Waals surface area contributed by atoms with Crippen LogP contribution in [0.4, 0.5) is 0 Å². The van der Waals surface area contributed by atoms with Crippen LogP contribution in [-0.2, 0) is 0 Å². The molecule has 1 unspecified atom stereocenters. The molecular formula is C11H13N3S. The van der Waals surface area contributed by atoms with Gasteiger partial charge in [0.25, 0.3) is 0 Å². The Bertz CT molecular complexity index is 425. The van der Waals surface area contributed by atoms with E-state index >= 15 is 0 Å². The normalized spacial score (nSPS) is 12.7. The van der Waals surface area contributed by atoms with Crippen LogP contribution in [0.1, 0.15) is 22.2 Å². The minimum atomic E-state index is 0.0405. The average Bonchev–Trinajstić information content (AvgIpc) is 2.75. The smallest absolute Gasteiger partial charge is 0.0819 e. The maximum Gasteiger partial charge on any atom is 0.0819 e. The number of hydrogen-bond acceptors (Lipinski definition) is 4. The maximum absolute atomic E-state index is 5.59. The Balaban J connectivity index is 2.40. The highest BCUT2D eigenvalue weighted by molar-refractivity contribution is 7.10. The first-order chi connectivity index (χ1) is 7.33. The van der Waals surface area contributed by atoms with Crippen LogP contribution in [-0.4, -0.2) is 4.98 Å². The minimum absolute atomic E-state index is 0.0405. The molecule has 0 spiro atoms. The SMILES string of the molecule is Cc1ncccc1C(NN)c1cccs1. The Morgan fingerprint density at radius 1 is 1.40 bits per heavy atom. The van der Waals surface area contributed by atoms with Gasteiger partial charge in [-0.05, 0) is 30.0 Å². The van der Waals surface area contributed by atoms with Gasteiger partial charge in [0.15, 0.2) is 0 Å². The van der Waals surface area contributed by atoms with Crippen molar-refractivity contribution >= 4 is 11.3 Å². The molecular weight excluding hydrogens is 206 g/mol. The highest BCUT2D eigenvalue weighted by Crippen LogP contribution is 2.26. The van der Waals surface area contributed by atoms with Crippen molar-refractivity contribution < 1.29 is 0 Å². The molecule has 78 valence electrons. The van der Waals surface area contributed by atoms with Crippen molar-refractivity contribution in [2.75, 3.05) is 0 Å². The summed E-state index contributed by atoms with van der Waals surface area (Å²) in [5, 5.41) is 2.05. The lowest BCUT2D eigenvalue weighted by molar-refractivity contribution is 0.640. The third-order valence-electron chi connectivity index (χ3n) is 2.35. The quantitative estimate of drug-likeness (QED) is 0.613. The minimum Gasteiger partial charge on any atom is -0.271 e. The molecule has 0 aliphatic heterocycles. The van der Waals surface area contributed by atoms with E-state index in [0.717, 1.165) is 11.3 Å². The zero-order chi connectivity index (χ0) is 10.7. The third kappa shape index (κ3) is 2.07. The van der Waals surface area contributed by atoms with Crippen LogP contribution in [0.25, 0.3) is 0 Å². The topological polar surface area (TPSA) is 50.9 Å². The summed E-state index contributed by atoms with van der Waals surface area (Å²) in [4.78, 5) is 5.47. The zero-order valence-corrected chi connectivity index (χ0v) is 9.29. The predicted molar refractivity (Wildman–Crippen MR) is 62.5 cm³/mol. The van der Waals surface area contributed by atoms with E-state index in [1.807, 2.05) is 30.5 Å². The molecule has 1 atom stereocenters. The summed E-state index contributed by atoms with van der Waals surface area (Å²) in [5.74, 6) is 5.59. The van der Waals surface area contributed by atoms with Crippen LogP contribution < -0.4 is 11.3 Å². The van der Waals surface area contributed by atoms with Gasteiger partial charge in [-0.3, -0.25) is 10.8 Å². The fraction of sp³-hybridized carbons (Fsp3) is 0.182. The van der Waals surface area contributed by atoms with Crippen molar-refractivity contribution in [3.05, 3.63) is 52.0 Å². The molecule has 2 rings (SSSR count). The van der Waals surface area contributed by atoms with E-state index < -0.39 is 0 Å². The van der Waals surface area contributed by atoms with Gasteiger partial charge >= 0.3 is 0 Å². The molecule has 0 fully saturated rings. The molecule has 15 heavy (non-hydrogen) atoms. The summed E-state index contributed by atoms with van der Waals surface area (Å²) in [7, 11) is 0. The molecule has 2 heterocycles. The number of hydrazine groups is 1. The van der Waals surface area contributed by atoms with Crippen molar-refractivity contribution in [1.29, 1.82) is 0 Å². The summed E-state index contributed by atoms with van der Waals surface area (Å²) in [6.07, 6.45) is 1.79. The molecule has 0 aliphatic rings. The lowest BCUT2D eigenvalue weighted by Crippen LogP contribution is -2.28. The Labute approximate surface area is 92.9 Å². The number of nitrogens with two attached hydrogens (primary N) is 1. The highest BCUT2D eigenvalue weighted by Gasteiger charge is 2.15. The lowest BCUT2D eigenvalue weighted by Gasteiger charge is -2.16. The van der Waals surface area contributed by atoms with E-state index in [9.17, 15) is 0 Å². The molecule has 3 nitrogen and oxygen atoms in total. The number of hydrogen-bond donors (Lipinski definition) is 2. The fourth-order valence-electron chi connectivity index (χ4n) is 1.58. The van der Waals surface area contributed by atoms with Gasteiger partial charge in [-0.1, -0.05) is 12.1 Å². The molecule has 0 saturated heterocycles. The number of aromatic nitrogens is 1. The van der Waals surface area contributed by atoms with E-state index in [-0.39, 0.29) is 6.04 Å². The van der Waals surface area contributed by atoms with Gasteiger partial charge in [0, 0.05) is 16.8 Å². The second-order valence-electron chi connectivity index (χ2n) is 3.29. The predicted octanol–water partition coefficient (Wildman–Crippen LogP) is 2.00. The van der Waals surface area contributed by atoms with Crippen LogP contribution >= 0.6 is 11.3 Å². The molecule has 0 aliphatic carbocycles. The Morgan fingerprint density at radius 3 is 2.87 bits per heavy atom. The maximum atomic E-state index is 5.59. The van der Waals surface area contributed by atoms with E-state index in [1.165, 1.54) is 4.88 Å². The molecule has 0 radical (unpaired) electrons. The van der Waals surface area contributed by atoms with Crippen LogP contribution in [0.15, 0.2) is 35.8 Å². The molecule has 0 bridgehead atoms. The molecule has 0 saturated carbocycles. The van der Waals surface area contributed by atoms with Crippen LogP contribution in [0.3, 0.4) is 0 Å². The van der Waals surface area contributed by atoms with Gasteiger partial charge in [-0.15, -0.1) is 11.3 Å². The summed E-state index contributed by atoms with van der Waals surface area (Å²) in [6, 6.07) is 8.11. The molecule has 2 aromatic rings. The van der Waals surface area contributed by atoms with E-state index in [0.29, 0.717) is 0 Å². The van der Waals surface area contributed by atoms with E-state index in [4.69, 9.17) is 5.84 Å². The van der Waals surface area contributed by atoms with Crippen LogP contribution in [0.5, 0.6) is 0 Å². The van der Waals surface area contributed by atoms with Gasteiger partial charge in [0.1, 0.15) is 0 Å². The van der Waals surface area contributed by atoms with Gasteiger partial charge in [0.05, 0.1) is 6.04 Å². The van der Waals surface area contributed by atoms with Gasteiger partial charge in [-0.2, -0.15) is 0 Å². The summed E-state index contributed by atoms with van der Waals surface area (Å²) < 4.78 is 0. The standard InChI is InChI=1S/C11H13N3S/c1-8-9(4-2-6-13-8)11(14-12)10-5-3-7-15-10/h2-7,11,14H,12H2,1H3. The number of aryl methyl sites for hydroxylation is 1. The first-order valence-electron chi connectivity index (χ1n) is 4.74. The average molecular weight is 219 g/mol. The molecule has 0 amide bonds. The van der Waals surface area contributed by atoms with E-state index in [2.05, 4.69) is 16.5 Å². The van der Waals surface area contributed by atoms with Gasteiger partial charge < -0.3 is 0 Å². The summed E-state index contributed by atoms with van der Waals surface area (Å²) >= 11 is 1.69. The molecule has 3 N–H and O–H groups in total. The molecule has 0 aromatic carbocycles. The summed E-state index contributed by atoms with van der Waals surface area (Å²) in [6.45, 7) is 1.99. The number of rotatable bonds is 3. The largest absolute Gasteiger partial charge is 0.271 e. The first kappa shape index (κ1) is 10.3. The Kier molecular flexibility index (Phi) is 3.11. The Hall–Kier alpha value is -1.23.